The molecule has 0 aliphatic heterocycles. The zero-order valence-electron chi connectivity index (χ0n) is 11.6. The van der Waals surface area contributed by atoms with Gasteiger partial charge in [-0.15, -0.1) is 0 Å². The molecule has 0 spiro atoms. The average Bonchev–Trinajstić information content (AvgIpc) is 2.48. The average molecular weight is 356 g/mol. The van der Waals surface area contributed by atoms with Crippen LogP contribution < -0.4 is 5.32 Å². The van der Waals surface area contributed by atoms with Crippen molar-refractivity contribution in [1.82, 2.24) is 5.32 Å². The first-order valence-corrected chi connectivity index (χ1v) is 7.74. The molecule has 1 aromatic carbocycles. The number of aliphatic carboxylic acids is 1. The predicted molar refractivity (Wildman–Crippen MR) is 81.3 cm³/mol. The van der Waals surface area contributed by atoms with Gasteiger partial charge in [0.2, 0.25) is 0 Å². The smallest absolute Gasteiger partial charge is 0.311 e. The van der Waals surface area contributed by atoms with Crippen LogP contribution in [0.2, 0.25) is 0 Å². The predicted octanol–water partition coefficient (Wildman–Crippen LogP) is 2.92. The molecule has 5 nitrogen and oxygen atoms in total. The highest BCUT2D eigenvalue weighted by Gasteiger charge is 2.39. The van der Waals surface area contributed by atoms with Crippen molar-refractivity contribution in [3.05, 3.63) is 28.2 Å². The van der Waals surface area contributed by atoms with Crippen LogP contribution in [0, 0.1) is 5.41 Å². The first-order valence-electron chi connectivity index (χ1n) is 6.95. The molecule has 21 heavy (non-hydrogen) atoms. The maximum Gasteiger partial charge on any atom is 0.311 e. The first-order chi connectivity index (χ1) is 9.94. The number of halogens is 1. The number of hydrogen-bond acceptors (Lipinski definition) is 3. The van der Waals surface area contributed by atoms with Crippen LogP contribution in [0.5, 0.6) is 5.75 Å². The van der Waals surface area contributed by atoms with Gasteiger partial charge >= 0.3 is 5.97 Å². The summed E-state index contributed by atoms with van der Waals surface area (Å²) in [4.78, 5) is 23.6. The molecule has 0 atom stereocenters. The Balaban J connectivity index is 2.05. The molecule has 1 amide bonds. The van der Waals surface area contributed by atoms with E-state index in [1.807, 2.05) is 0 Å². The summed E-state index contributed by atoms with van der Waals surface area (Å²) in [5.74, 6) is -1.24. The molecule has 0 bridgehead atoms. The van der Waals surface area contributed by atoms with Gasteiger partial charge in [0.15, 0.2) is 0 Å². The molecule has 0 radical (unpaired) electrons. The van der Waals surface area contributed by atoms with Crippen LogP contribution in [-0.4, -0.2) is 28.6 Å². The number of carboxylic acid groups (broad SMARTS) is 1. The molecule has 1 aromatic rings. The molecule has 1 aliphatic carbocycles. The molecular weight excluding hydrogens is 338 g/mol. The number of carboxylic acids is 1. The zero-order chi connectivity index (χ0) is 15.5. The van der Waals surface area contributed by atoms with Crippen molar-refractivity contribution in [3.63, 3.8) is 0 Å². The Hall–Kier alpha value is -1.56. The Morgan fingerprint density at radius 2 is 1.90 bits per heavy atom. The van der Waals surface area contributed by atoms with E-state index in [2.05, 4.69) is 21.2 Å². The quantitative estimate of drug-likeness (QED) is 0.774. The zero-order valence-corrected chi connectivity index (χ0v) is 13.1. The Bertz CT molecular complexity index is 553. The molecule has 114 valence electrons. The number of carbonyl (C=O) groups is 2. The number of amides is 1. The molecule has 3 N–H and O–H groups in total. The van der Waals surface area contributed by atoms with Gasteiger partial charge in [-0.05, 0) is 47.0 Å². The van der Waals surface area contributed by atoms with E-state index in [9.17, 15) is 19.8 Å². The second kappa shape index (κ2) is 6.47. The number of phenols is 1. The largest absolute Gasteiger partial charge is 0.507 e. The van der Waals surface area contributed by atoms with Gasteiger partial charge in [-0.3, -0.25) is 9.59 Å². The lowest BCUT2D eigenvalue weighted by atomic mass is 9.74. The lowest BCUT2D eigenvalue weighted by Gasteiger charge is -2.33. The van der Waals surface area contributed by atoms with Gasteiger partial charge < -0.3 is 15.5 Å². The number of aromatic hydroxyl groups is 1. The van der Waals surface area contributed by atoms with Gasteiger partial charge in [0, 0.05) is 12.1 Å². The Labute approximate surface area is 131 Å². The van der Waals surface area contributed by atoms with E-state index in [0.29, 0.717) is 22.9 Å². The SMILES string of the molecule is O=C(NCC1(C(=O)O)CCCCC1)c1ccc(Br)c(O)c1. The van der Waals surface area contributed by atoms with Crippen LogP contribution in [0.3, 0.4) is 0 Å². The molecule has 0 heterocycles. The highest BCUT2D eigenvalue weighted by atomic mass is 79.9. The third-order valence-electron chi connectivity index (χ3n) is 4.06. The van der Waals surface area contributed by atoms with E-state index in [1.165, 1.54) is 6.07 Å². The van der Waals surface area contributed by atoms with Crippen LogP contribution in [0.15, 0.2) is 22.7 Å². The van der Waals surface area contributed by atoms with Crippen molar-refractivity contribution in [2.45, 2.75) is 32.1 Å². The molecular formula is C15H18BrNO4. The highest BCUT2D eigenvalue weighted by Crippen LogP contribution is 2.36. The fourth-order valence-electron chi connectivity index (χ4n) is 2.70. The number of nitrogens with one attached hydrogen (secondary N) is 1. The Kier molecular flexibility index (Phi) is 4.88. The summed E-state index contributed by atoms with van der Waals surface area (Å²) in [6.07, 6.45) is 3.98. The lowest BCUT2D eigenvalue weighted by molar-refractivity contribution is -0.150. The van der Waals surface area contributed by atoms with Crippen molar-refractivity contribution in [2.24, 2.45) is 5.41 Å². The lowest BCUT2D eigenvalue weighted by Crippen LogP contribution is -2.44. The molecule has 1 saturated carbocycles. The van der Waals surface area contributed by atoms with Crippen LogP contribution >= 0.6 is 15.9 Å². The second-order valence-electron chi connectivity index (χ2n) is 5.50. The van der Waals surface area contributed by atoms with Crippen LogP contribution in [0.4, 0.5) is 0 Å². The first kappa shape index (κ1) is 15.8. The minimum absolute atomic E-state index is 0.0201. The Morgan fingerprint density at radius 3 is 2.48 bits per heavy atom. The van der Waals surface area contributed by atoms with Gasteiger partial charge in [-0.1, -0.05) is 19.3 Å². The second-order valence-corrected chi connectivity index (χ2v) is 6.35. The van der Waals surface area contributed by atoms with E-state index in [-0.39, 0.29) is 18.2 Å². The van der Waals surface area contributed by atoms with Gasteiger partial charge in [-0.25, -0.2) is 0 Å². The minimum Gasteiger partial charge on any atom is -0.507 e. The summed E-state index contributed by atoms with van der Waals surface area (Å²) in [5, 5.41) is 21.7. The van der Waals surface area contributed by atoms with E-state index >= 15 is 0 Å². The van der Waals surface area contributed by atoms with Gasteiger partial charge in [0.1, 0.15) is 5.75 Å². The molecule has 2 rings (SSSR count). The van der Waals surface area contributed by atoms with Crippen LogP contribution in [0.1, 0.15) is 42.5 Å². The molecule has 1 fully saturated rings. The van der Waals surface area contributed by atoms with Gasteiger partial charge in [0.25, 0.3) is 5.91 Å². The summed E-state index contributed by atoms with van der Waals surface area (Å²) < 4.78 is 0.508. The van der Waals surface area contributed by atoms with Crippen molar-refractivity contribution >= 4 is 27.8 Å². The number of hydrogen-bond donors (Lipinski definition) is 3. The topological polar surface area (TPSA) is 86.6 Å². The van der Waals surface area contributed by atoms with Crippen molar-refractivity contribution in [2.75, 3.05) is 6.54 Å². The van der Waals surface area contributed by atoms with Gasteiger partial charge in [0.05, 0.1) is 9.89 Å². The van der Waals surface area contributed by atoms with E-state index in [0.717, 1.165) is 19.3 Å². The van der Waals surface area contributed by atoms with Crippen molar-refractivity contribution in [1.29, 1.82) is 0 Å². The fraction of sp³-hybridized carbons (Fsp3) is 0.467. The molecule has 0 saturated heterocycles. The molecule has 1 aliphatic rings. The monoisotopic (exact) mass is 355 g/mol. The number of phenolic OH excluding ortho intramolecular Hbond substituents is 1. The summed E-state index contributed by atoms with van der Waals surface area (Å²) in [6, 6.07) is 4.51. The van der Waals surface area contributed by atoms with E-state index in [4.69, 9.17) is 0 Å². The van der Waals surface area contributed by atoms with E-state index < -0.39 is 11.4 Å². The highest BCUT2D eigenvalue weighted by molar-refractivity contribution is 9.10. The van der Waals surface area contributed by atoms with Gasteiger partial charge in [-0.2, -0.15) is 0 Å². The standard InChI is InChI=1S/C15H18BrNO4/c16-11-5-4-10(8-12(11)18)13(19)17-9-15(14(20)21)6-2-1-3-7-15/h4-5,8,18H,1-3,6-7,9H2,(H,17,19)(H,20,21). The maximum absolute atomic E-state index is 12.1. The summed E-state index contributed by atoms with van der Waals surface area (Å²) in [6.45, 7) is 0.123. The normalized spacial score (nSPS) is 17.2. The number of carbonyl (C=O) groups excluding carboxylic acids is 1. The third-order valence-corrected chi connectivity index (χ3v) is 4.73. The summed E-state index contributed by atoms with van der Waals surface area (Å²) in [7, 11) is 0. The Morgan fingerprint density at radius 1 is 1.24 bits per heavy atom. The third kappa shape index (κ3) is 3.56. The minimum atomic E-state index is -0.856. The maximum atomic E-state index is 12.1. The van der Waals surface area contributed by atoms with Crippen molar-refractivity contribution in [3.8, 4) is 5.75 Å². The van der Waals surface area contributed by atoms with Crippen molar-refractivity contribution < 1.29 is 19.8 Å². The fourth-order valence-corrected chi connectivity index (χ4v) is 2.95. The molecule has 0 unspecified atom stereocenters. The summed E-state index contributed by atoms with van der Waals surface area (Å²) >= 11 is 3.15. The van der Waals surface area contributed by atoms with E-state index in [1.54, 1.807) is 12.1 Å². The van der Waals surface area contributed by atoms with Crippen LogP contribution in [0.25, 0.3) is 0 Å². The molecule has 6 heteroatoms. The van der Waals surface area contributed by atoms with Crippen LogP contribution in [-0.2, 0) is 4.79 Å². The number of rotatable bonds is 4. The summed E-state index contributed by atoms with van der Waals surface area (Å²) in [5.41, 5.74) is -0.544. The number of benzene rings is 1. The molecule has 0 aromatic heterocycles.